The SMILES string of the molecule is CC(Nc1ncnc(N)c1C(=[NH2+])c1cncc2c1cnn2C)c1cn(-c2ccccc2C#N)nn1. The minimum absolute atomic E-state index is 0.222. The molecule has 0 aliphatic heterocycles. The van der Waals surface area contributed by atoms with Gasteiger partial charge in [-0.25, -0.2) is 14.6 Å². The normalized spacial score (nSPS) is 11.8. The predicted octanol–water partition coefficient (Wildman–Crippen LogP) is 0.562. The van der Waals surface area contributed by atoms with Crippen LogP contribution in [0.4, 0.5) is 11.6 Å². The lowest BCUT2D eigenvalue weighted by atomic mass is 10.0. The molecule has 5 rings (SSSR count). The number of hydrogen-bond donors (Lipinski definition) is 3. The van der Waals surface area contributed by atoms with Crippen LogP contribution in [0.3, 0.4) is 0 Å². The van der Waals surface area contributed by atoms with Crippen molar-refractivity contribution in [3.63, 3.8) is 0 Å². The molecule has 0 saturated carbocycles. The summed E-state index contributed by atoms with van der Waals surface area (Å²) in [5, 5.41) is 32.9. The molecule has 172 valence electrons. The van der Waals surface area contributed by atoms with Crippen LogP contribution in [-0.2, 0) is 7.05 Å². The van der Waals surface area contributed by atoms with Crippen LogP contribution < -0.4 is 16.5 Å². The first-order valence-corrected chi connectivity index (χ1v) is 10.7. The molecule has 0 fully saturated rings. The smallest absolute Gasteiger partial charge is 0.221 e. The van der Waals surface area contributed by atoms with Crippen LogP contribution >= 0.6 is 0 Å². The molecular weight excluding hydrogens is 444 g/mol. The number of nitrogens with one attached hydrogen (secondary N) is 1. The van der Waals surface area contributed by atoms with Gasteiger partial charge in [0.05, 0.1) is 47.0 Å². The zero-order chi connectivity index (χ0) is 24.5. The van der Waals surface area contributed by atoms with Gasteiger partial charge in [0.25, 0.3) is 0 Å². The zero-order valence-electron chi connectivity index (χ0n) is 19.0. The summed E-state index contributed by atoms with van der Waals surface area (Å²) < 4.78 is 3.29. The number of aryl methyl sites for hydroxylation is 1. The van der Waals surface area contributed by atoms with Gasteiger partial charge in [-0.1, -0.05) is 17.3 Å². The van der Waals surface area contributed by atoms with Gasteiger partial charge in [-0.15, -0.1) is 5.10 Å². The molecule has 0 radical (unpaired) electrons. The lowest BCUT2D eigenvalue weighted by Gasteiger charge is -2.15. The van der Waals surface area contributed by atoms with Crippen molar-refractivity contribution in [3.05, 3.63) is 77.8 Å². The van der Waals surface area contributed by atoms with E-state index >= 15 is 0 Å². The first-order chi connectivity index (χ1) is 17.0. The maximum atomic E-state index is 9.39. The van der Waals surface area contributed by atoms with Gasteiger partial charge in [-0.05, 0) is 19.1 Å². The van der Waals surface area contributed by atoms with Crippen molar-refractivity contribution < 1.29 is 5.41 Å². The van der Waals surface area contributed by atoms with Crippen LogP contribution in [0.1, 0.15) is 35.3 Å². The molecule has 35 heavy (non-hydrogen) atoms. The highest BCUT2D eigenvalue weighted by Gasteiger charge is 2.25. The maximum absolute atomic E-state index is 9.39. The Labute approximate surface area is 199 Å². The van der Waals surface area contributed by atoms with Crippen LogP contribution in [0.2, 0.25) is 0 Å². The average molecular weight is 466 g/mol. The zero-order valence-corrected chi connectivity index (χ0v) is 19.0. The first-order valence-electron chi connectivity index (χ1n) is 10.7. The molecule has 4 aromatic heterocycles. The van der Waals surface area contributed by atoms with E-state index < -0.39 is 0 Å². The van der Waals surface area contributed by atoms with Crippen molar-refractivity contribution in [3.8, 4) is 11.8 Å². The number of aromatic nitrogens is 8. The number of nitriles is 1. The Morgan fingerprint density at radius 3 is 2.86 bits per heavy atom. The first kappa shape index (κ1) is 21.7. The van der Waals surface area contributed by atoms with Gasteiger partial charge in [0.2, 0.25) is 5.71 Å². The second-order valence-electron chi connectivity index (χ2n) is 7.87. The summed E-state index contributed by atoms with van der Waals surface area (Å²) in [5.41, 5.74) is 10.3. The van der Waals surface area contributed by atoms with Crippen molar-refractivity contribution in [1.82, 2.24) is 39.7 Å². The Bertz CT molecular complexity index is 1610. The number of rotatable bonds is 6. The largest absolute Gasteiger partial charge is 0.383 e. The summed E-state index contributed by atoms with van der Waals surface area (Å²) in [6, 6.07) is 9.02. The molecule has 5 N–H and O–H groups in total. The van der Waals surface area contributed by atoms with Crippen LogP contribution in [0.15, 0.2) is 55.4 Å². The Morgan fingerprint density at radius 2 is 2.03 bits per heavy atom. The second-order valence-corrected chi connectivity index (χ2v) is 7.87. The number of fused-ring (bicyclic) bond motifs is 1. The van der Waals surface area contributed by atoms with Crippen molar-refractivity contribution in [1.29, 1.82) is 5.26 Å². The minimum atomic E-state index is -0.314. The molecule has 12 heteroatoms. The third kappa shape index (κ3) is 3.80. The molecule has 0 spiro atoms. The monoisotopic (exact) mass is 465 g/mol. The fourth-order valence-electron chi connectivity index (χ4n) is 3.82. The fourth-order valence-corrected chi connectivity index (χ4v) is 3.82. The highest BCUT2D eigenvalue weighted by atomic mass is 15.4. The number of anilines is 2. The Kier molecular flexibility index (Phi) is 5.34. The van der Waals surface area contributed by atoms with E-state index in [2.05, 4.69) is 41.7 Å². The van der Waals surface area contributed by atoms with E-state index in [-0.39, 0.29) is 11.9 Å². The topological polar surface area (TPSA) is 175 Å². The van der Waals surface area contributed by atoms with Gasteiger partial charge in [-0.2, -0.15) is 10.4 Å². The van der Waals surface area contributed by atoms with Crippen LogP contribution in [-0.4, -0.2) is 45.4 Å². The van der Waals surface area contributed by atoms with Gasteiger partial charge in [0.15, 0.2) is 0 Å². The van der Waals surface area contributed by atoms with Gasteiger partial charge in [0.1, 0.15) is 35.3 Å². The van der Waals surface area contributed by atoms with Crippen molar-refractivity contribution in [2.24, 2.45) is 7.05 Å². The lowest BCUT2D eigenvalue weighted by molar-refractivity contribution is -0.111. The standard InChI is InChI=1S/C23H20N12/c1-13(17-11-35(33-32-17)18-6-4-3-5-14(18)7-24)31-23-20(22(26)28-12-29-23)21(25)16-8-27-10-19-15(16)9-30-34(19)2/h3-6,8-13,25H,1-2H3,(H3,26,28,29,31)/p+1. The number of para-hydroxylation sites is 1. The molecule has 0 aliphatic carbocycles. The van der Waals surface area contributed by atoms with E-state index in [1.807, 2.05) is 20.0 Å². The summed E-state index contributed by atoms with van der Waals surface area (Å²) in [6.45, 7) is 1.91. The number of benzene rings is 1. The quantitative estimate of drug-likeness (QED) is 0.303. The lowest BCUT2D eigenvalue weighted by Crippen LogP contribution is -2.42. The average Bonchev–Trinajstić information content (AvgIpc) is 3.51. The van der Waals surface area contributed by atoms with Crippen LogP contribution in [0, 0.1) is 11.3 Å². The summed E-state index contributed by atoms with van der Waals surface area (Å²) >= 11 is 0. The Morgan fingerprint density at radius 1 is 1.20 bits per heavy atom. The molecule has 0 aliphatic rings. The van der Waals surface area contributed by atoms with Crippen molar-refractivity contribution >= 4 is 28.3 Å². The Balaban J connectivity index is 1.48. The molecular formula is C23H21N12+. The van der Waals surface area contributed by atoms with Gasteiger partial charge >= 0.3 is 0 Å². The van der Waals surface area contributed by atoms with Gasteiger partial charge in [-0.3, -0.25) is 15.1 Å². The third-order valence-corrected chi connectivity index (χ3v) is 5.69. The maximum Gasteiger partial charge on any atom is 0.221 e. The molecule has 4 heterocycles. The minimum Gasteiger partial charge on any atom is -0.383 e. The number of hydrogen-bond acceptors (Lipinski definition) is 9. The Hall–Kier alpha value is -5.18. The van der Waals surface area contributed by atoms with E-state index in [4.69, 9.17) is 11.1 Å². The molecule has 0 bridgehead atoms. The van der Waals surface area contributed by atoms with E-state index in [9.17, 15) is 5.26 Å². The van der Waals surface area contributed by atoms with Crippen LogP contribution in [0.5, 0.6) is 0 Å². The molecule has 1 aromatic carbocycles. The summed E-state index contributed by atoms with van der Waals surface area (Å²) in [7, 11) is 1.83. The number of pyridine rings is 1. The fraction of sp³-hybridized carbons (Fsp3) is 0.130. The number of nitrogens with zero attached hydrogens (tertiary/aromatic N) is 9. The molecule has 5 aromatic rings. The third-order valence-electron chi connectivity index (χ3n) is 5.69. The molecule has 1 atom stereocenters. The van der Waals surface area contributed by atoms with E-state index in [0.29, 0.717) is 39.6 Å². The summed E-state index contributed by atoms with van der Waals surface area (Å²) in [5.74, 6) is 0.662. The highest BCUT2D eigenvalue weighted by Crippen LogP contribution is 2.27. The van der Waals surface area contributed by atoms with E-state index in [1.54, 1.807) is 52.4 Å². The summed E-state index contributed by atoms with van der Waals surface area (Å²) in [4.78, 5) is 12.8. The van der Waals surface area contributed by atoms with E-state index in [0.717, 1.165) is 10.9 Å². The molecule has 0 amide bonds. The van der Waals surface area contributed by atoms with Crippen molar-refractivity contribution in [2.75, 3.05) is 11.1 Å². The summed E-state index contributed by atoms with van der Waals surface area (Å²) in [6.07, 6.45) is 8.23. The predicted molar refractivity (Wildman–Crippen MR) is 128 cm³/mol. The van der Waals surface area contributed by atoms with Gasteiger partial charge < -0.3 is 11.1 Å². The van der Waals surface area contributed by atoms with Crippen molar-refractivity contribution in [2.45, 2.75) is 13.0 Å². The molecule has 1 unspecified atom stereocenters. The van der Waals surface area contributed by atoms with Crippen LogP contribution in [0.25, 0.3) is 16.6 Å². The molecule has 0 saturated heterocycles. The molecule has 12 nitrogen and oxygen atoms in total. The highest BCUT2D eigenvalue weighted by molar-refractivity contribution is 6.19. The number of nitrogens with two attached hydrogens (primary N) is 2. The second kappa shape index (κ2) is 8.64. The number of nitrogen functional groups attached to an aromatic ring is 1. The van der Waals surface area contributed by atoms with Gasteiger partial charge in [0, 0.05) is 18.6 Å². The van der Waals surface area contributed by atoms with E-state index in [1.165, 1.54) is 6.33 Å².